The van der Waals surface area contributed by atoms with Crippen LogP contribution >= 0.6 is 11.6 Å². The van der Waals surface area contributed by atoms with E-state index in [1.807, 2.05) is 0 Å². The zero-order valence-electron chi connectivity index (χ0n) is 17.3. The van der Waals surface area contributed by atoms with Gasteiger partial charge in [0.15, 0.2) is 0 Å². The monoisotopic (exact) mass is 443 g/mol. The lowest BCUT2D eigenvalue weighted by Gasteiger charge is -2.17. The summed E-state index contributed by atoms with van der Waals surface area (Å²) in [6.45, 7) is 3.84. The number of methoxy groups -OCH3 is 1. The van der Waals surface area contributed by atoms with Gasteiger partial charge in [-0.1, -0.05) is 11.6 Å². The number of nitrogens with zero attached hydrogens (tertiary/aromatic N) is 1. The molecule has 0 aliphatic carbocycles. The van der Waals surface area contributed by atoms with Crippen molar-refractivity contribution in [3.63, 3.8) is 0 Å². The molecule has 0 atom stereocenters. The van der Waals surface area contributed by atoms with Gasteiger partial charge in [0.05, 0.1) is 23.8 Å². The molecule has 0 aromatic heterocycles. The zero-order chi connectivity index (χ0) is 22.7. The van der Waals surface area contributed by atoms with Gasteiger partial charge in [0.25, 0.3) is 23.6 Å². The third-order valence-electron chi connectivity index (χ3n) is 4.80. The average molecular weight is 444 g/mol. The zero-order valence-corrected chi connectivity index (χ0v) is 18.1. The summed E-state index contributed by atoms with van der Waals surface area (Å²) < 4.78 is 5.15. The molecule has 2 aromatic rings. The number of halogens is 1. The Balaban J connectivity index is 1.58. The van der Waals surface area contributed by atoms with Crippen LogP contribution in [0.4, 0.5) is 0 Å². The van der Waals surface area contributed by atoms with Crippen LogP contribution in [0.15, 0.2) is 36.4 Å². The maximum Gasteiger partial charge on any atom is 0.261 e. The minimum atomic E-state index is -0.416. The molecule has 31 heavy (non-hydrogen) atoms. The highest BCUT2D eigenvalue weighted by atomic mass is 35.5. The Morgan fingerprint density at radius 2 is 1.61 bits per heavy atom. The summed E-state index contributed by atoms with van der Waals surface area (Å²) >= 11 is 5.93. The number of benzene rings is 2. The second kappa shape index (κ2) is 9.18. The van der Waals surface area contributed by atoms with E-state index in [1.165, 1.54) is 36.3 Å². The first kappa shape index (κ1) is 22.3. The summed E-state index contributed by atoms with van der Waals surface area (Å²) in [5.41, 5.74) is 1.05. The highest BCUT2D eigenvalue weighted by molar-refractivity contribution is 6.31. The Hall–Kier alpha value is -3.39. The number of hydrogen-bond donors (Lipinski definition) is 2. The van der Waals surface area contributed by atoms with Crippen molar-refractivity contribution in [3.8, 4) is 5.75 Å². The minimum Gasteiger partial charge on any atom is -0.496 e. The van der Waals surface area contributed by atoms with Crippen LogP contribution in [0.2, 0.25) is 5.02 Å². The van der Waals surface area contributed by atoms with Crippen LogP contribution < -0.4 is 15.4 Å². The number of rotatable bonds is 7. The highest BCUT2D eigenvalue weighted by Crippen LogP contribution is 2.26. The molecule has 0 unspecified atom stereocenters. The third kappa shape index (κ3) is 4.54. The predicted molar refractivity (Wildman–Crippen MR) is 115 cm³/mol. The lowest BCUT2D eigenvalue weighted by molar-refractivity contribution is 0.0608. The number of hydrogen-bond acceptors (Lipinski definition) is 5. The van der Waals surface area contributed by atoms with Gasteiger partial charge in [-0.05, 0) is 50.2 Å². The molecule has 0 bridgehead atoms. The van der Waals surface area contributed by atoms with E-state index in [9.17, 15) is 19.2 Å². The number of carbonyl (C=O) groups excluding carboxylic acids is 4. The van der Waals surface area contributed by atoms with Gasteiger partial charge in [-0.15, -0.1) is 0 Å². The van der Waals surface area contributed by atoms with E-state index < -0.39 is 11.8 Å². The number of nitrogens with one attached hydrogen (secondary N) is 2. The topological polar surface area (TPSA) is 105 Å². The van der Waals surface area contributed by atoms with E-state index in [-0.39, 0.29) is 53.2 Å². The highest BCUT2D eigenvalue weighted by Gasteiger charge is 2.37. The number of carbonyl (C=O) groups is 4. The molecule has 162 valence electrons. The molecule has 0 saturated carbocycles. The lowest BCUT2D eigenvalue weighted by Crippen LogP contribution is -2.36. The van der Waals surface area contributed by atoms with E-state index in [4.69, 9.17) is 16.3 Å². The van der Waals surface area contributed by atoms with Crippen molar-refractivity contribution in [2.75, 3.05) is 20.2 Å². The second-order valence-corrected chi connectivity index (χ2v) is 7.63. The molecule has 3 rings (SSSR count). The average Bonchev–Trinajstić information content (AvgIpc) is 3.00. The Kier molecular flexibility index (Phi) is 6.60. The first-order chi connectivity index (χ1) is 14.7. The Labute approximate surface area is 184 Å². The SMILES string of the molecule is COc1ccc(Cl)cc1C(=O)NCCNC(=O)c1ccc2c(c1)C(=O)N(C(C)C)C2=O. The second-order valence-electron chi connectivity index (χ2n) is 7.19. The fourth-order valence-corrected chi connectivity index (χ4v) is 3.45. The van der Waals surface area contributed by atoms with Crippen LogP contribution in [0.25, 0.3) is 0 Å². The van der Waals surface area contributed by atoms with Crippen molar-refractivity contribution in [3.05, 3.63) is 63.7 Å². The molecule has 8 nitrogen and oxygen atoms in total. The van der Waals surface area contributed by atoms with Crippen LogP contribution in [-0.2, 0) is 0 Å². The number of ether oxygens (including phenoxy) is 1. The first-order valence-electron chi connectivity index (χ1n) is 9.66. The molecule has 0 fully saturated rings. The van der Waals surface area contributed by atoms with Crippen molar-refractivity contribution in [1.82, 2.24) is 15.5 Å². The molecule has 1 aliphatic heterocycles. The summed E-state index contributed by atoms with van der Waals surface area (Å²) in [5.74, 6) is -1.18. The molecule has 1 heterocycles. The van der Waals surface area contributed by atoms with Gasteiger partial charge in [0.1, 0.15) is 5.75 Å². The first-order valence-corrected chi connectivity index (χ1v) is 10.0. The number of fused-ring (bicyclic) bond motifs is 1. The maximum atomic E-state index is 12.5. The summed E-state index contributed by atoms with van der Waals surface area (Å²) in [5, 5.41) is 5.76. The molecular formula is C22H22ClN3O5. The van der Waals surface area contributed by atoms with Gasteiger partial charge in [-0.3, -0.25) is 24.1 Å². The van der Waals surface area contributed by atoms with Gasteiger partial charge >= 0.3 is 0 Å². The normalized spacial score (nSPS) is 12.7. The molecule has 1 aliphatic rings. The van der Waals surface area contributed by atoms with Crippen LogP contribution in [-0.4, -0.2) is 54.8 Å². The number of amides is 4. The molecule has 0 saturated heterocycles. The van der Waals surface area contributed by atoms with Crippen molar-refractivity contribution < 1.29 is 23.9 Å². The van der Waals surface area contributed by atoms with Gasteiger partial charge in [-0.2, -0.15) is 0 Å². The maximum absolute atomic E-state index is 12.5. The van der Waals surface area contributed by atoms with E-state index >= 15 is 0 Å². The number of imide groups is 1. The smallest absolute Gasteiger partial charge is 0.261 e. The standard InChI is InChI=1S/C22H22ClN3O5/c1-12(2)26-21(29)15-6-4-13(10-16(15)22(26)30)19(27)24-8-9-25-20(28)17-11-14(23)5-7-18(17)31-3/h4-7,10-12H,8-9H2,1-3H3,(H,24,27)(H,25,28). The van der Waals surface area contributed by atoms with Gasteiger partial charge < -0.3 is 15.4 Å². The van der Waals surface area contributed by atoms with Crippen molar-refractivity contribution in [2.24, 2.45) is 0 Å². The Morgan fingerprint density at radius 3 is 2.26 bits per heavy atom. The van der Waals surface area contributed by atoms with Crippen LogP contribution in [0.3, 0.4) is 0 Å². The molecule has 0 spiro atoms. The van der Waals surface area contributed by atoms with Gasteiger partial charge in [0.2, 0.25) is 0 Å². The lowest BCUT2D eigenvalue weighted by atomic mass is 10.1. The van der Waals surface area contributed by atoms with Gasteiger partial charge in [-0.25, -0.2) is 0 Å². The van der Waals surface area contributed by atoms with Crippen molar-refractivity contribution in [1.29, 1.82) is 0 Å². The van der Waals surface area contributed by atoms with E-state index in [0.717, 1.165) is 0 Å². The summed E-state index contributed by atoms with van der Waals surface area (Å²) in [6.07, 6.45) is 0. The summed E-state index contributed by atoms with van der Waals surface area (Å²) in [4.78, 5) is 50.8. The van der Waals surface area contributed by atoms with E-state index in [2.05, 4.69) is 10.6 Å². The Morgan fingerprint density at radius 1 is 0.968 bits per heavy atom. The van der Waals surface area contributed by atoms with Crippen LogP contribution in [0, 0.1) is 0 Å². The molecule has 4 amide bonds. The van der Waals surface area contributed by atoms with Gasteiger partial charge in [0, 0.05) is 29.7 Å². The van der Waals surface area contributed by atoms with Crippen molar-refractivity contribution >= 4 is 35.2 Å². The molecular weight excluding hydrogens is 422 g/mol. The fraction of sp³-hybridized carbons (Fsp3) is 0.273. The molecule has 2 aromatic carbocycles. The van der Waals surface area contributed by atoms with Crippen LogP contribution in [0.1, 0.15) is 55.3 Å². The fourth-order valence-electron chi connectivity index (χ4n) is 3.28. The summed E-state index contributed by atoms with van der Waals surface area (Å²) in [6, 6.07) is 8.84. The minimum absolute atomic E-state index is 0.162. The van der Waals surface area contributed by atoms with E-state index in [0.29, 0.717) is 10.8 Å². The third-order valence-corrected chi connectivity index (χ3v) is 5.03. The molecule has 0 radical (unpaired) electrons. The molecule has 9 heteroatoms. The quantitative estimate of drug-likeness (QED) is 0.505. The Bertz CT molecular complexity index is 1070. The van der Waals surface area contributed by atoms with Crippen molar-refractivity contribution in [2.45, 2.75) is 19.9 Å². The summed E-state index contributed by atoms with van der Waals surface area (Å²) in [7, 11) is 1.45. The molecule has 2 N–H and O–H groups in total. The van der Waals surface area contributed by atoms with Crippen LogP contribution in [0.5, 0.6) is 5.75 Å². The van der Waals surface area contributed by atoms with E-state index in [1.54, 1.807) is 26.0 Å². The largest absolute Gasteiger partial charge is 0.496 e. The predicted octanol–water partition coefficient (Wildman–Crippen LogP) is 2.51.